The van der Waals surface area contributed by atoms with Crippen molar-refractivity contribution >= 4 is 5.95 Å². The molecular formula is C18H24N4O. The van der Waals surface area contributed by atoms with E-state index >= 15 is 0 Å². The molecule has 1 aliphatic heterocycles. The molecule has 0 aliphatic carbocycles. The summed E-state index contributed by atoms with van der Waals surface area (Å²) < 4.78 is 5.74. The third kappa shape index (κ3) is 4.66. The molecule has 0 radical (unpaired) electrons. The van der Waals surface area contributed by atoms with Gasteiger partial charge in [-0.25, -0.2) is 9.97 Å². The van der Waals surface area contributed by atoms with Crippen molar-refractivity contribution < 1.29 is 4.74 Å². The third-order valence-electron chi connectivity index (χ3n) is 4.01. The standard InChI is InChI=1S/C18H24N4O/c1-21(13-14-23-17-7-3-2-4-8-17)15-16-9-10-19-18(20-16)22-11-5-6-12-22/h2-4,7-10H,5-6,11-15H2,1H3. The Morgan fingerprint density at radius 1 is 1.13 bits per heavy atom. The van der Waals surface area contributed by atoms with Crippen LogP contribution in [-0.2, 0) is 6.54 Å². The second-order valence-electron chi connectivity index (χ2n) is 5.94. The zero-order valence-electron chi connectivity index (χ0n) is 13.7. The highest BCUT2D eigenvalue weighted by Gasteiger charge is 2.15. The minimum atomic E-state index is 0.671. The van der Waals surface area contributed by atoms with Crippen LogP contribution in [-0.4, -0.2) is 48.2 Å². The number of likely N-dealkylation sites (N-methyl/N-ethyl adjacent to an activating group) is 1. The predicted molar refractivity (Wildman–Crippen MR) is 91.8 cm³/mol. The lowest BCUT2D eigenvalue weighted by Crippen LogP contribution is -2.25. The van der Waals surface area contributed by atoms with E-state index in [4.69, 9.17) is 9.72 Å². The van der Waals surface area contributed by atoms with Gasteiger partial charge in [0.25, 0.3) is 0 Å². The Bertz CT molecular complexity index is 599. The largest absolute Gasteiger partial charge is 0.492 e. The van der Waals surface area contributed by atoms with Gasteiger partial charge in [0.2, 0.25) is 5.95 Å². The highest BCUT2D eigenvalue weighted by molar-refractivity contribution is 5.31. The van der Waals surface area contributed by atoms with E-state index in [2.05, 4.69) is 21.8 Å². The van der Waals surface area contributed by atoms with Crippen molar-refractivity contribution in [2.24, 2.45) is 0 Å². The fourth-order valence-corrected chi connectivity index (χ4v) is 2.73. The first-order valence-electron chi connectivity index (χ1n) is 8.24. The Labute approximate surface area is 137 Å². The Hall–Kier alpha value is -2.14. The molecule has 23 heavy (non-hydrogen) atoms. The molecule has 1 aromatic heterocycles. The summed E-state index contributed by atoms with van der Waals surface area (Å²) >= 11 is 0. The highest BCUT2D eigenvalue weighted by Crippen LogP contribution is 2.15. The summed E-state index contributed by atoms with van der Waals surface area (Å²) in [5.41, 5.74) is 1.06. The van der Waals surface area contributed by atoms with Crippen LogP contribution >= 0.6 is 0 Å². The number of aromatic nitrogens is 2. The number of para-hydroxylation sites is 1. The summed E-state index contributed by atoms with van der Waals surface area (Å²) in [7, 11) is 2.09. The van der Waals surface area contributed by atoms with Crippen LogP contribution in [0.25, 0.3) is 0 Å². The van der Waals surface area contributed by atoms with Gasteiger partial charge < -0.3 is 9.64 Å². The van der Waals surface area contributed by atoms with Crippen molar-refractivity contribution in [1.82, 2.24) is 14.9 Å². The van der Waals surface area contributed by atoms with Crippen LogP contribution in [0.4, 0.5) is 5.95 Å². The van der Waals surface area contributed by atoms with Crippen LogP contribution in [0, 0.1) is 0 Å². The molecule has 2 heterocycles. The van der Waals surface area contributed by atoms with Gasteiger partial charge in [0.1, 0.15) is 12.4 Å². The number of hydrogen-bond donors (Lipinski definition) is 0. The van der Waals surface area contributed by atoms with Gasteiger partial charge in [0.15, 0.2) is 0 Å². The van der Waals surface area contributed by atoms with Gasteiger partial charge in [-0.05, 0) is 38.1 Å². The number of ether oxygens (including phenoxy) is 1. The second-order valence-corrected chi connectivity index (χ2v) is 5.94. The summed E-state index contributed by atoms with van der Waals surface area (Å²) in [4.78, 5) is 13.6. The summed E-state index contributed by atoms with van der Waals surface area (Å²) in [5, 5.41) is 0. The molecule has 2 aromatic rings. The lowest BCUT2D eigenvalue weighted by Gasteiger charge is -2.19. The lowest BCUT2D eigenvalue weighted by molar-refractivity contribution is 0.231. The van der Waals surface area contributed by atoms with Crippen molar-refractivity contribution in [2.75, 3.05) is 38.2 Å². The lowest BCUT2D eigenvalue weighted by atomic mass is 10.3. The van der Waals surface area contributed by atoms with Gasteiger partial charge >= 0.3 is 0 Å². The van der Waals surface area contributed by atoms with Gasteiger partial charge in [-0.15, -0.1) is 0 Å². The summed E-state index contributed by atoms with van der Waals surface area (Å²) in [6, 6.07) is 11.9. The van der Waals surface area contributed by atoms with Crippen LogP contribution in [0.3, 0.4) is 0 Å². The highest BCUT2D eigenvalue weighted by atomic mass is 16.5. The molecule has 0 amide bonds. The smallest absolute Gasteiger partial charge is 0.225 e. The molecule has 0 atom stereocenters. The van der Waals surface area contributed by atoms with Gasteiger partial charge in [0.05, 0.1) is 5.69 Å². The van der Waals surface area contributed by atoms with Crippen LogP contribution in [0.1, 0.15) is 18.5 Å². The molecule has 122 valence electrons. The average Bonchev–Trinajstić information content (AvgIpc) is 3.11. The fraction of sp³-hybridized carbons (Fsp3) is 0.444. The van der Waals surface area contributed by atoms with Gasteiger partial charge in [0, 0.05) is 32.4 Å². The van der Waals surface area contributed by atoms with Crippen molar-refractivity contribution in [3.05, 3.63) is 48.3 Å². The van der Waals surface area contributed by atoms with E-state index in [0.717, 1.165) is 43.6 Å². The van der Waals surface area contributed by atoms with Crippen LogP contribution in [0.15, 0.2) is 42.6 Å². The SMILES string of the molecule is CN(CCOc1ccccc1)Cc1ccnc(N2CCCC2)n1. The first-order chi connectivity index (χ1) is 11.3. The third-order valence-corrected chi connectivity index (χ3v) is 4.01. The van der Waals surface area contributed by atoms with Crippen molar-refractivity contribution in [3.8, 4) is 5.75 Å². The van der Waals surface area contributed by atoms with Gasteiger partial charge in [-0.1, -0.05) is 18.2 Å². The quantitative estimate of drug-likeness (QED) is 0.786. The normalized spacial score (nSPS) is 14.4. The van der Waals surface area contributed by atoms with Crippen LogP contribution in [0.5, 0.6) is 5.75 Å². The molecule has 0 N–H and O–H groups in total. The number of hydrogen-bond acceptors (Lipinski definition) is 5. The fourth-order valence-electron chi connectivity index (χ4n) is 2.73. The van der Waals surface area contributed by atoms with Crippen molar-refractivity contribution in [2.45, 2.75) is 19.4 Å². The van der Waals surface area contributed by atoms with Crippen LogP contribution < -0.4 is 9.64 Å². The topological polar surface area (TPSA) is 41.5 Å². The Kier molecular flexibility index (Phi) is 5.42. The molecule has 5 nitrogen and oxygen atoms in total. The number of anilines is 1. The molecule has 1 fully saturated rings. The molecule has 0 saturated carbocycles. The summed E-state index contributed by atoms with van der Waals surface area (Å²) in [6.45, 7) is 4.48. The summed E-state index contributed by atoms with van der Waals surface area (Å²) in [5.74, 6) is 1.79. The molecule has 1 aromatic carbocycles. The predicted octanol–water partition coefficient (Wildman–Crippen LogP) is 2.59. The van der Waals surface area contributed by atoms with E-state index < -0.39 is 0 Å². The zero-order chi connectivity index (χ0) is 15.9. The monoisotopic (exact) mass is 312 g/mol. The molecule has 0 bridgehead atoms. The maximum Gasteiger partial charge on any atom is 0.225 e. The van der Waals surface area contributed by atoms with Crippen molar-refractivity contribution in [1.29, 1.82) is 0 Å². The number of nitrogens with zero attached hydrogens (tertiary/aromatic N) is 4. The average molecular weight is 312 g/mol. The first-order valence-corrected chi connectivity index (χ1v) is 8.24. The minimum absolute atomic E-state index is 0.671. The zero-order valence-corrected chi connectivity index (χ0v) is 13.7. The molecule has 1 aliphatic rings. The Morgan fingerprint density at radius 2 is 1.91 bits per heavy atom. The Morgan fingerprint density at radius 3 is 2.70 bits per heavy atom. The molecule has 0 spiro atoms. The maximum atomic E-state index is 5.74. The molecular weight excluding hydrogens is 288 g/mol. The minimum Gasteiger partial charge on any atom is -0.492 e. The molecule has 0 unspecified atom stereocenters. The Balaban J connectivity index is 1.47. The molecule has 3 rings (SSSR count). The van der Waals surface area contributed by atoms with E-state index in [0.29, 0.717) is 6.61 Å². The van der Waals surface area contributed by atoms with E-state index in [9.17, 15) is 0 Å². The first kappa shape index (κ1) is 15.7. The van der Waals surface area contributed by atoms with E-state index in [1.165, 1.54) is 12.8 Å². The maximum absolute atomic E-state index is 5.74. The molecule has 5 heteroatoms. The number of rotatable bonds is 7. The second kappa shape index (κ2) is 7.92. The van der Waals surface area contributed by atoms with E-state index in [1.807, 2.05) is 42.6 Å². The van der Waals surface area contributed by atoms with Gasteiger partial charge in [-0.2, -0.15) is 0 Å². The molecule has 1 saturated heterocycles. The van der Waals surface area contributed by atoms with Gasteiger partial charge in [-0.3, -0.25) is 4.90 Å². The van der Waals surface area contributed by atoms with E-state index in [-0.39, 0.29) is 0 Å². The summed E-state index contributed by atoms with van der Waals surface area (Å²) in [6.07, 6.45) is 4.35. The van der Waals surface area contributed by atoms with Crippen molar-refractivity contribution in [3.63, 3.8) is 0 Å². The van der Waals surface area contributed by atoms with Crippen LogP contribution in [0.2, 0.25) is 0 Å². The van der Waals surface area contributed by atoms with E-state index in [1.54, 1.807) is 0 Å². The number of benzene rings is 1.